The van der Waals surface area contributed by atoms with Crippen molar-refractivity contribution in [2.75, 3.05) is 11.9 Å². The summed E-state index contributed by atoms with van der Waals surface area (Å²) in [6.45, 7) is 4.02. The Morgan fingerprint density at radius 3 is 2.42 bits per heavy atom. The van der Waals surface area contributed by atoms with Gasteiger partial charge in [-0.2, -0.15) is 8.42 Å². The molecule has 1 aromatic heterocycles. The smallest absolute Gasteiger partial charge is 0.287 e. The monoisotopic (exact) mass is 350 g/mol. The summed E-state index contributed by atoms with van der Waals surface area (Å²) < 4.78 is 43.7. The third-order valence-corrected chi connectivity index (χ3v) is 4.07. The largest absolute Gasteiger partial charge is 0.370 e. The van der Waals surface area contributed by atoms with Crippen molar-refractivity contribution < 1.29 is 17.4 Å². The Labute approximate surface area is 141 Å². The number of anilines is 1. The molecule has 0 amide bonds. The fourth-order valence-corrected chi connectivity index (χ4v) is 2.43. The lowest BCUT2D eigenvalue weighted by atomic mass is 10.1. The standard InChI is InChI=1S/C17H19FN2O3S/c1-12(2)20(3)16-10-13(8-9-24(21,22)23)11-19-17(16)14-4-6-15(18)7-5-14/h4-12H,1-3H3,(H,21,22,23)/b9-8+. The third kappa shape index (κ3) is 4.62. The van der Waals surface area contributed by atoms with Gasteiger partial charge >= 0.3 is 0 Å². The van der Waals surface area contributed by atoms with E-state index >= 15 is 0 Å². The molecule has 1 heterocycles. The fraction of sp³-hybridized carbons (Fsp3) is 0.235. The van der Waals surface area contributed by atoms with E-state index in [0.29, 0.717) is 16.7 Å². The number of benzene rings is 1. The molecule has 1 aromatic carbocycles. The number of rotatable bonds is 5. The maximum Gasteiger partial charge on any atom is 0.287 e. The quantitative estimate of drug-likeness (QED) is 0.835. The van der Waals surface area contributed by atoms with Crippen LogP contribution in [0.15, 0.2) is 41.9 Å². The minimum Gasteiger partial charge on any atom is -0.370 e. The number of nitrogens with zero attached hydrogens (tertiary/aromatic N) is 2. The molecule has 0 radical (unpaired) electrons. The summed E-state index contributed by atoms with van der Waals surface area (Å²) >= 11 is 0. The lowest BCUT2D eigenvalue weighted by Gasteiger charge is -2.26. The zero-order valence-electron chi connectivity index (χ0n) is 13.6. The molecule has 2 rings (SSSR count). The first-order chi connectivity index (χ1) is 11.2. The molecule has 0 unspecified atom stereocenters. The Morgan fingerprint density at radius 2 is 1.88 bits per heavy atom. The maximum absolute atomic E-state index is 13.1. The van der Waals surface area contributed by atoms with Gasteiger partial charge in [0, 0.05) is 24.8 Å². The molecule has 0 fully saturated rings. The highest BCUT2D eigenvalue weighted by Gasteiger charge is 2.14. The van der Waals surface area contributed by atoms with Crippen LogP contribution in [-0.2, 0) is 10.1 Å². The van der Waals surface area contributed by atoms with Crippen molar-refractivity contribution in [3.05, 3.63) is 53.3 Å². The summed E-state index contributed by atoms with van der Waals surface area (Å²) in [5.74, 6) is -0.328. The molecule has 24 heavy (non-hydrogen) atoms. The number of aromatic nitrogens is 1. The van der Waals surface area contributed by atoms with Gasteiger partial charge in [-0.1, -0.05) is 0 Å². The van der Waals surface area contributed by atoms with Crippen LogP contribution in [0.25, 0.3) is 17.3 Å². The zero-order chi connectivity index (χ0) is 17.9. The van der Waals surface area contributed by atoms with Gasteiger partial charge in [-0.3, -0.25) is 9.54 Å². The molecule has 2 aromatic rings. The van der Waals surface area contributed by atoms with Gasteiger partial charge < -0.3 is 4.90 Å². The van der Waals surface area contributed by atoms with E-state index in [9.17, 15) is 12.8 Å². The summed E-state index contributed by atoms with van der Waals surface area (Å²) in [5.41, 5.74) is 2.72. The summed E-state index contributed by atoms with van der Waals surface area (Å²) in [4.78, 5) is 6.37. The fourth-order valence-electron chi connectivity index (χ4n) is 2.10. The number of hydrogen-bond donors (Lipinski definition) is 1. The molecule has 1 N–H and O–H groups in total. The van der Waals surface area contributed by atoms with E-state index in [0.717, 1.165) is 11.3 Å². The second-order valence-corrected chi connectivity index (χ2v) is 6.97. The lowest BCUT2D eigenvalue weighted by Crippen LogP contribution is -2.26. The van der Waals surface area contributed by atoms with Crippen molar-refractivity contribution >= 4 is 21.9 Å². The van der Waals surface area contributed by atoms with Gasteiger partial charge in [-0.05, 0) is 55.8 Å². The Balaban J connectivity index is 2.54. The summed E-state index contributed by atoms with van der Waals surface area (Å²) in [5, 5.41) is 0.709. The minimum absolute atomic E-state index is 0.173. The van der Waals surface area contributed by atoms with Gasteiger partial charge in [-0.25, -0.2) is 4.39 Å². The predicted molar refractivity (Wildman–Crippen MR) is 93.8 cm³/mol. The number of halogens is 1. The topological polar surface area (TPSA) is 70.5 Å². The molecule has 0 bridgehead atoms. The first kappa shape index (κ1) is 18.1. The predicted octanol–water partition coefficient (Wildman–Crippen LogP) is 3.59. The van der Waals surface area contributed by atoms with Crippen LogP contribution < -0.4 is 4.90 Å². The van der Waals surface area contributed by atoms with Crippen LogP contribution in [0.4, 0.5) is 10.1 Å². The maximum atomic E-state index is 13.1. The van der Waals surface area contributed by atoms with Crippen LogP contribution in [0, 0.1) is 5.82 Å². The van der Waals surface area contributed by atoms with Gasteiger partial charge in [-0.15, -0.1) is 0 Å². The Kier molecular flexibility index (Phi) is 5.36. The van der Waals surface area contributed by atoms with Crippen LogP contribution in [0.2, 0.25) is 0 Å². The van der Waals surface area contributed by atoms with E-state index in [1.807, 2.05) is 25.8 Å². The van der Waals surface area contributed by atoms with Crippen molar-refractivity contribution in [2.45, 2.75) is 19.9 Å². The van der Waals surface area contributed by atoms with Gasteiger partial charge in [0.25, 0.3) is 10.1 Å². The van der Waals surface area contributed by atoms with E-state index in [1.165, 1.54) is 24.4 Å². The molecule has 0 aliphatic carbocycles. The number of pyridine rings is 1. The second kappa shape index (κ2) is 7.11. The van der Waals surface area contributed by atoms with Gasteiger partial charge in [0.05, 0.1) is 16.8 Å². The molecule has 0 aliphatic heterocycles. The van der Waals surface area contributed by atoms with Crippen molar-refractivity contribution in [3.63, 3.8) is 0 Å². The highest BCUT2D eigenvalue weighted by molar-refractivity contribution is 7.88. The molecule has 128 valence electrons. The molecular formula is C17H19FN2O3S. The van der Waals surface area contributed by atoms with Crippen LogP contribution in [0.1, 0.15) is 19.4 Å². The van der Waals surface area contributed by atoms with Gasteiger partial charge in [0.2, 0.25) is 0 Å². The van der Waals surface area contributed by atoms with E-state index in [4.69, 9.17) is 4.55 Å². The van der Waals surface area contributed by atoms with E-state index in [2.05, 4.69) is 4.98 Å². The highest BCUT2D eigenvalue weighted by Crippen LogP contribution is 2.30. The average Bonchev–Trinajstić information content (AvgIpc) is 2.52. The lowest BCUT2D eigenvalue weighted by molar-refractivity contribution is 0.494. The van der Waals surface area contributed by atoms with Crippen LogP contribution in [0.3, 0.4) is 0 Å². The van der Waals surface area contributed by atoms with E-state index in [1.54, 1.807) is 18.2 Å². The molecule has 5 nitrogen and oxygen atoms in total. The van der Waals surface area contributed by atoms with Crippen LogP contribution >= 0.6 is 0 Å². The molecule has 0 aliphatic rings. The Morgan fingerprint density at radius 1 is 1.25 bits per heavy atom. The first-order valence-electron chi connectivity index (χ1n) is 7.32. The normalized spacial score (nSPS) is 12.1. The highest BCUT2D eigenvalue weighted by atomic mass is 32.2. The Bertz CT molecular complexity index is 847. The summed E-state index contributed by atoms with van der Waals surface area (Å²) in [6.07, 6.45) is 2.77. The summed E-state index contributed by atoms with van der Waals surface area (Å²) in [6, 6.07) is 7.95. The summed E-state index contributed by atoms with van der Waals surface area (Å²) in [7, 11) is -2.31. The molecule has 0 spiro atoms. The third-order valence-electron chi connectivity index (χ3n) is 3.59. The van der Waals surface area contributed by atoms with Crippen LogP contribution in [0.5, 0.6) is 0 Å². The van der Waals surface area contributed by atoms with Crippen LogP contribution in [-0.4, -0.2) is 31.0 Å². The Hall–Kier alpha value is -2.25. The van der Waals surface area contributed by atoms with Crippen molar-refractivity contribution in [2.24, 2.45) is 0 Å². The molecule has 0 atom stereocenters. The minimum atomic E-state index is -4.20. The molecule has 0 saturated carbocycles. The SMILES string of the molecule is CC(C)N(C)c1cc(/C=C/S(=O)(=O)O)cnc1-c1ccc(F)cc1. The van der Waals surface area contributed by atoms with E-state index < -0.39 is 10.1 Å². The van der Waals surface area contributed by atoms with Crippen molar-refractivity contribution in [3.8, 4) is 11.3 Å². The zero-order valence-corrected chi connectivity index (χ0v) is 14.5. The van der Waals surface area contributed by atoms with E-state index in [-0.39, 0.29) is 11.9 Å². The first-order valence-corrected chi connectivity index (χ1v) is 8.82. The van der Waals surface area contributed by atoms with Crippen molar-refractivity contribution in [1.29, 1.82) is 0 Å². The van der Waals surface area contributed by atoms with Crippen molar-refractivity contribution in [1.82, 2.24) is 4.98 Å². The number of hydrogen-bond acceptors (Lipinski definition) is 4. The average molecular weight is 350 g/mol. The van der Waals surface area contributed by atoms with Gasteiger partial charge in [0.1, 0.15) is 5.82 Å². The molecule has 0 saturated heterocycles. The molecule has 7 heteroatoms. The van der Waals surface area contributed by atoms with Gasteiger partial charge in [0.15, 0.2) is 0 Å². The second-order valence-electron chi connectivity index (χ2n) is 5.67. The molecular weight excluding hydrogens is 331 g/mol.